The lowest BCUT2D eigenvalue weighted by atomic mass is 10.0. The minimum atomic E-state index is -0.762. The molecule has 1 atom stereocenters. The number of hydrogen-bond donors (Lipinski definition) is 0. The van der Waals surface area contributed by atoms with Gasteiger partial charge in [0.05, 0.1) is 0 Å². The molecule has 0 fully saturated rings. The molecule has 6 nitrogen and oxygen atoms in total. The number of unbranched alkanes of at least 4 members (excludes halogenated alkanes) is 22. The molecule has 0 aromatic rings. The van der Waals surface area contributed by atoms with Gasteiger partial charge in [-0.3, -0.25) is 14.4 Å². The summed E-state index contributed by atoms with van der Waals surface area (Å²) in [6, 6.07) is 0. The smallest absolute Gasteiger partial charge is 0.306 e. The average Bonchev–Trinajstić information content (AvgIpc) is 3.09. The zero-order valence-corrected chi connectivity index (χ0v) is 35.6. The van der Waals surface area contributed by atoms with E-state index in [9.17, 15) is 14.4 Å². The van der Waals surface area contributed by atoms with Crippen molar-refractivity contribution in [2.45, 2.75) is 247 Å². The predicted molar refractivity (Wildman–Crippen MR) is 219 cm³/mol. The van der Waals surface area contributed by atoms with Gasteiger partial charge in [0.25, 0.3) is 0 Å². The summed E-state index contributed by atoms with van der Waals surface area (Å²) in [4.78, 5) is 37.6. The van der Waals surface area contributed by atoms with Crippen molar-refractivity contribution in [2.75, 3.05) is 13.2 Å². The second kappa shape index (κ2) is 37.7. The van der Waals surface area contributed by atoms with Crippen LogP contribution in [0.5, 0.6) is 0 Å². The number of carbonyl (C=O) groups excluding carboxylic acids is 3. The van der Waals surface area contributed by atoms with E-state index in [4.69, 9.17) is 14.2 Å². The third kappa shape index (κ3) is 39.6. The molecule has 308 valence electrons. The van der Waals surface area contributed by atoms with Gasteiger partial charge >= 0.3 is 17.9 Å². The third-order valence-corrected chi connectivity index (χ3v) is 10.1. The van der Waals surface area contributed by atoms with Crippen LogP contribution in [0.2, 0.25) is 0 Å². The molecule has 0 amide bonds. The highest BCUT2D eigenvalue weighted by molar-refractivity contribution is 5.71. The first-order chi connectivity index (χ1) is 25.1. The third-order valence-electron chi connectivity index (χ3n) is 10.1. The van der Waals surface area contributed by atoms with E-state index in [0.29, 0.717) is 19.3 Å². The molecular formula is C46H88O6. The molecule has 6 heteroatoms. The van der Waals surface area contributed by atoms with Crippen molar-refractivity contribution in [1.82, 2.24) is 0 Å². The standard InChI is InChI=1S/C46H88O6/c1-40(2)32-26-20-14-12-10-8-7-9-11-13-15-23-29-35-44(47)50-38-43(52-46(49)37-31-25-19-17-22-28-34-42(5)6)39-51-45(48)36-30-24-18-16-21-27-33-41(3)4/h40-43H,7-39H2,1-6H3/t43-/m0/s1. The Bertz CT molecular complexity index is 807. The van der Waals surface area contributed by atoms with Crippen molar-refractivity contribution in [2.24, 2.45) is 17.8 Å². The van der Waals surface area contributed by atoms with Gasteiger partial charge in [0.15, 0.2) is 6.10 Å². The maximum atomic E-state index is 12.6. The van der Waals surface area contributed by atoms with Crippen LogP contribution in [0, 0.1) is 17.8 Å². The van der Waals surface area contributed by atoms with Gasteiger partial charge in [-0.1, -0.05) is 202 Å². The fraction of sp³-hybridized carbons (Fsp3) is 0.935. The molecule has 0 spiro atoms. The molecule has 0 N–H and O–H groups in total. The Balaban J connectivity index is 4.26. The summed E-state index contributed by atoms with van der Waals surface area (Å²) in [5, 5.41) is 0. The summed E-state index contributed by atoms with van der Waals surface area (Å²) in [5.41, 5.74) is 0. The summed E-state index contributed by atoms with van der Waals surface area (Å²) in [5.74, 6) is 1.49. The Morgan fingerprint density at radius 3 is 0.827 bits per heavy atom. The molecule has 0 aliphatic rings. The van der Waals surface area contributed by atoms with Gasteiger partial charge in [-0.2, -0.15) is 0 Å². The van der Waals surface area contributed by atoms with Crippen LogP contribution in [0.1, 0.15) is 241 Å². The summed E-state index contributed by atoms with van der Waals surface area (Å²) in [7, 11) is 0. The van der Waals surface area contributed by atoms with Crippen molar-refractivity contribution in [3.05, 3.63) is 0 Å². The first kappa shape index (κ1) is 50.4. The lowest BCUT2D eigenvalue weighted by Crippen LogP contribution is -2.30. The van der Waals surface area contributed by atoms with Gasteiger partial charge in [0.1, 0.15) is 13.2 Å². The summed E-state index contributed by atoms with van der Waals surface area (Å²) in [6.07, 6.45) is 34.0. The zero-order valence-electron chi connectivity index (χ0n) is 35.6. The van der Waals surface area contributed by atoms with Crippen LogP contribution >= 0.6 is 0 Å². The maximum Gasteiger partial charge on any atom is 0.306 e. The molecule has 0 aliphatic carbocycles. The zero-order chi connectivity index (χ0) is 38.5. The van der Waals surface area contributed by atoms with Crippen LogP contribution in [0.4, 0.5) is 0 Å². The van der Waals surface area contributed by atoms with Crippen LogP contribution in [-0.4, -0.2) is 37.2 Å². The van der Waals surface area contributed by atoms with Crippen molar-refractivity contribution in [3.8, 4) is 0 Å². The average molecular weight is 737 g/mol. The van der Waals surface area contributed by atoms with E-state index in [-0.39, 0.29) is 31.1 Å². The van der Waals surface area contributed by atoms with Crippen molar-refractivity contribution >= 4 is 17.9 Å². The van der Waals surface area contributed by atoms with Crippen molar-refractivity contribution in [1.29, 1.82) is 0 Å². The fourth-order valence-electron chi connectivity index (χ4n) is 6.70. The minimum absolute atomic E-state index is 0.0674. The van der Waals surface area contributed by atoms with Gasteiger partial charge < -0.3 is 14.2 Å². The topological polar surface area (TPSA) is 78.9 Å². The highest BCUT2D eigenvalue weighted by atomic mass is 16.6. The first-order valence-corrected chi connectivity index (χ1v) is 22.6. The van der Waals surface area contributed by atoms with E-state index < -0.39 is 6.10 Å². The van der Waals surface area contributed by atoms with E-state index in [1.54, 1.807) is 0 Å². The molecule has 0 heterocycles. The van der Waals surface area contributed by atoms with Crippen molar-refractivity contribution < 1.29 is 28.6 Å². The molecule has 0 rings (SSSR count). The molecule has 0 saturated heterocycles. The van der Waals surface area contributed by atoms with Gasteiger partial charge in [0.2, 0.25) is 0 Å². The number of ether oxygens (including phenoxy) is 3. The van der Waals surface area contributed by atoms with Crippen LogP contribution < -0.4 is 0 Å². The van der Waals surface area contributed by atoms with Crippen LogP contribution in [0.15, 0.2) is 0 Å². The number of esters is 3. The monoisotopic (exact) mass is 737 g/mol. The molecule has 0 bridgehead atoms. The summed E-state index contributed by atoms with van der Waals surface area (Å²) < 4.78 is 16.7. The Kier molecular flexibility index (Phi) is 36.6. The van der Waals surface area contributed by atoms with Gasteiger partial charge in [-0.05, 0) is 37.0 Å². The second-order valence-corrected chi connectivity index (χ2v) is 17.1. The molecule has 52 heavy (non-hydrogen) atoms. The van der Waals surface area contributed by atoms with E-state index in [0.717, 1.165) is 75.5 Å². The van der Waals surface area contributed by atoms with Crippen LogP contribution in [0.3, 0.4) is 0 Å². The highest BCUT2D eigenvalue weighted by Crippen LogP contribution is 2.16. The fourth-order valence-corrected chi connectivity index (χ4v) is 6.70. The second-order valence-electron chi connectivity index (χ2n) is 17.1. The Hall–Kier alpha value is -1.59. The minimum Gasteiger partial charge on any atom is -0.462 e. The molecule has 0 saturated carbocycles. The summed E-state index contributed by atoms with van der Waals surface area (Å²) >= 11 is 0. The Morgan fingerprint density at radius 2 is 0.558 bits per heavy atom. The Morgan fingerprint density at radius 1 is 0.327 bits per heavy atom. The summed E-state index contributed by atoms with van der Waals surface area (Å²) in [6.45, 7) is 13.5. The van der Waals surface area contributed by atoms with Gasteiger partial charge in [-0.15, -0.1) is 0 Å². The van der Waals surface area contributed by atoms with Gasteiger partial charge in [0, 0.05) is 19.3 Å². The quantitative estimate of drug-likeness (QED) is 0.0355. The van der Waals surface area contributed by atoms with Gasteiger partial charge in [-0.25, -0.2) is 0 Å². The maximum absolute atomic E-state index is 12.6. The molecule has 0 aromatic carbocycles. The van der Waals surface area contributed by atoms with E-state index in [1.807, 2.05) is 0 Å². The van der Waals surface area contributed by atoms with E-state index in [2.05, 4.69) is 41.5 Å². The van der Waals surface area contributed by atoms with Crippen LogP contribution in [0.25, 0.3) is 0 Å². The van der Waals surface area contributed by atoms with Crippen molar-refractivity contribution in [3.63, 3.8) is 0 Å². The molecule has 0 radical (unpaired) electrons. The van der Waals surface area contributed by atoms with E-state index in [1.165, 1.54) is 122 Å². The normalized spacial score (nSPS) is 12.2. The lowest BCUT2D eigenvalue weighted by Gasteiger charge is -2.18. The van der Waals surface area contributed by atoms with Crippen LogP contribution in [-0.2, 0) is 28.6 Å². The number of carbonyl (C=O) groups is 3. The highest BCUT2D eigenvalue weighted by Gasteiger charge is 2.19. The number of rotatable bonds is 39. The first-order valence-electron chi connectivity index (χ1n) is 22.6. The SMILES string of the molecule is CC(C)CCCCCCCCCCCCCCCC(=O)OC[C@@H](COC(=O)CCCCCCCCC(C)C)OC(=O)CCCCCCCCC(C)C. The number of hydrogen-bond acceptors (Lipinski definition) is 6. The lowest BCUT2D eigenvalue weighted by molar-refractivity contribution is -0.167. The largest absolute Gasteiger partial charge is 0.462 e. The molecule has 0 aliphatic heterocycles. The predicted octanol–water partition coefficient (Wildman–Crippen LogP) is 14.0. The molecule has 0 unspecified atom stereocenters. The molecule has 0 aromatic heterocycles. The van der Waals surface area contributed by atoms with E-state index >= 15 is 0 Å². The molecular weight excluding hydrogens is 648 g/mol. The Labute approximate surface area is 323 Å².